The molecule has 2 aromatic rings. The van der Waals surface area contributed by atoms with Crippen LogP contribution in [0.3, 0.4) is 0 Å². The van der Waals surface area contributed by atoms with E-state index < -0.39 is 0 Å². The molecule has 0 unspecified atom stereocenters. The third-order valence-corrected chi connectivity index (χ3v) is 3.60. The zero-order chi connectivity index (χ0) is 15.7. The summed E-state index contributed by atoms with van der Waals surface area (Å²) >= 11 is 0. The fraction of sp³-hybridized carbons (Fsp3) is 0.333. The number of aromatic nitrogens is 3. The van der Waals surface area contributed by atoms with Crippen molar-refractivity contribution in [1.29, 1.82) is 0 Å². The highest BCUT2D eigenvalue weighted by atomic mass is 16.2. The molecule has 3 rings (SSSR count). The van der Waals surface area contributed by atoms with Gasteiger partial charge in [-0.15, -0.1) is 5.10 Å². The average Bonchev–Trinajstić information content (AvgIpc) is 3.14. The van der Waals surface area contributed by atoms with Gasteiger partial charge in [0, 0.05) is 20.0 Å². The largest absolute Gasteiger partial charge is 0.294 e. The fourth-order valence-corrected chi connectivity index (χ4v) is 2.53. The highest BCUT2D eigenvalue weighted by Gasteiger charge is 2.32. The number of nitrogens with zero attached hydrogens (tertiary/aromatic N) is 5. The summed E-state index contributed by atoms with van der Waals surface area (Å²) in [4.78, 5) is 25.7. The van der Waals surface area contributed by atoms with Gasteiger partial charge in [0.1, 0.15) is 0 Å². The number of carbonyl (C=O) groups is 2. The summed E-state index contributed by atoms with van der Waals surface area (Å²) in [5.41, 5.74) is 1.61. The van der Waals surface area contributed by atoms with E-state index in [-0.39, 0.29) is 17.5 Å². The van der Waals surface area contributed by atoms with Crippen LogP contribution in [-0.4, -0.2) is 49.9 Å². The number of benzene rings is 1. The number of rotatable bonds is 2. The summed E-state index contributed by atoms with van der Waals surface area (Å²) in [5, 5.41) is 11.5. The summed E-state index contributed by atoms with van der Waals surface area (Å²) in [6.07, 6.45) is 0.775. The van der Waals surface area contributed by atoms with E-state index in [1.807, 2.05) is 30.3 Å². The van der Waals surface area contributed by atoms with Crippen molar-refractivity contribution in [3.05, 3.63) is 41.7 Å². The van der Waals surface area contributed by atoms with Crippen molar-refractivity contribution >= 4 is 11.8 Å². The van der Waals surface area contributed by atoms with Crippen molar-refractivity contribution in [2.24, 2.45) is 0 Å². The zero-order valence-electron chi connectivity index (χ0n) is 12.6. The Labute approximate surface area is 128 Å². The molecule has 1 fully saturated rings. The third-order valence-electron chi connectivity index (χ3n) is 3.60. The lowest BCUT2D eigenvalue weighted by molar-refractivity contribution is -0.138. The Bertz CT molecular complexity index is 710. The van der Waals surface area contributed by atoms with Crippen LogP contribution in [0.15, 0.2) is 30.3 Å². The molecule has 1 aliphatic rings. The van der Waals surface area contributed by atoms with Crippen molar-refractivity contribution in [3.8, 4) is 5.69 Å². The normalized spacial score (nSPS) is 14.5. The Kier molecular flexibility index (Phi) is 3.62. The molecule has 1 aromatic carbocycles. The summed E-state index contributed by atoms with van der Waals surface area (Å²) in [7, 11) is 0. The molecule has 0 radical (unpaired) electrons. The first-order chi connectivity index (χ1) is 10.6. The number of hydrogen-bond acceptors (Lipinski definition) is 4. The molecule has 1 saturated heterocycles. The third kappa shape index (κ3) is 2.45. The molecule has 1 aromatic heterocycles. The maximum Gasteiger partial charge on any atom is 0.294 e. The van der Waals surface area contributed by atoms with Gasteiger partial charge in [0.15, 0.2) is 5.69 Å². The Hall–Kier alpha value is -2.70. The van der Waals surface area contributed by atoms with Gasteiger partial charge in [-0.1, -0.05) is 18.2 Å². The minimum atomic E-state index is -0.285. The Morgan fingerprint density at radius 2 is 1.73 bits per heavy atom. The maximum absolute atomic E-state index is 12.6. The maximum atomic E-state index is 12.6. The Balaban J connectivity index is 1.91. The summed E-state index contributed by atoms with van der Waals surface area (Å²) in [6, 6.07) is 9.40. The molecular weight excluding hydrogens is 282 g/mol. The van der Waals surface area contributed by atoms with Crippen molar-refractivity contribution in [2.45, 2.75) is 20.3 Å². The first-order valence-electron chi connectivity index (χ1n) is 7.17. The number of hydrogen-bond donors (Lipinski definition) is 0. The monoisotopic (exact) mass is 299 g/mol. The van der Waals surface area contributed by atoms with E-state index in [0.29, 0.717) is 18.8 Å². The predicted octanol–water partition coefficient (Wildman–Crippen LogP) is 1.19. The molecule has 0 N–H and O–H groups in total. The molecule has 0 aliphatic carbocycles. The average molecular weight is 299 g/mol. The number of amides is 2. The van der Waals surface area contributed by atoms with Gasteiger partial charge in [0.25, 0.3) is 5.91 Å². The van der Waals surface area contributed by atoms with E-state index in [4.69, 9.17) is 0 Å². The summed E-state index contributed by atoms with van der Waals surface area (Å²) in [5.74, 6) is -0.425. The standard InChI is InChI=1S/C15H17N5O2/c1-11-14(15(22)19-10-6-9-18(19)12(2)21)17-20(16-11)13-7-4-3-5-8-13/h3-5,7-8H,6,9-10H2,1-2H3. The van der Waals surface area contributed by atoms with Gasteiger partial charge in [0.05, 0.1) is 11.4 Å². The van der Waals surface area contributed by atoms with Crippen LogP contribution >= 0.6 is 0 Å². The molecule has 7 nitrogen and oxygen atoms in total. The molecule has 22 heavy (non-hydrogen) atoms. The lowest BCUT2D eigenvalue weighted by Gasteiger charge is -2.25. The number of hydrazine groups is 1. The van der Waals surface area contributed by atoms with E-state index >= 15 is 0 Å². The highest BCUT2D eigenvalue weighted by Crippen LogP contribution is 2.16. The zero-order valence-corrected chi connectivity index (χ0v) is 12.6. The second-order valence-corrected chi connectivity index (χ2v) is 5.18. The van der Waals surface area contributed by atoms with Crippen molar-refractivity contribution < 1.29 is 9.59 Å². The summed E-state index contributed by atoms with van der Waals surface area (Å²) < 4.78 is 0. The number of carbonyl (C=O) groups excluding carboxylic acids is 2. The molecule has 0 spiro atoms. The SMILES string of the molecule is CC(=O)N1CCCN1C(=O)c1nn(-c2ccccc2)nc1C. The van der Waals surface area contributed by atoms with Gasteiger partial charge in [-0.05, 0) is 25.5 Å². The molecule has 1 aliphatic heterocycles. The first-order valence-corrected chi connectivity index (χ1v) is 7.17. The van der Waals surface area contributed by atoms with Crippen LogP contribution in [0.25, 0.3) is 5.69 Å². The highest BCUT2D eigenvalue weighted by molar-refractivity contribution is 5.94. The van der Waals surface area contributed by atoms with Crippen LogP contribution in [0.1, 0.15) is 29.5 Å². The molecular formula is C15H17N5O2. The number of para-hydroxylation sites is 1. The first kappa shape index (κ1) is 14.2. The molecule has 114 valence electrons. The van der Waals surface area contributed by atoms with Gasteiger partial charge < -0.3 is 0 Å². The quantitative estimate of drug-likeness (QED) is 0.835. The smallest absolute Gasteiger partial charge is 0.273 e. The van der Waals surface area contributed by atoms with Gasteiger partial charge in [-0.25, -0.2) is 5.01 Å². The van der Waals surface area contributed by atoms with Gasteiger partial charge in [0.2, 0.25) is 5.91 Å². The van der Waals surface area contributed by atoms with Crippen molar-refractivity contribution in [3.63, 3.8) is 0 Å². The second kappa shape index (κ2) is 5.59. The second-order valence-electron chi connectivity index (χ2n) is 5.18. The number of aryl methyl sites for hydroxylation is 1. The van der Waals surface area contributed by atoms with Gasteiger partial charge >= 0.3 is 0 Å². The molecule has 0 atom stereocenters. The lowest BCUT2D eigenvalue weighted by Crippen LogP contribution is -2.44. The van der Waals surface area contributed by atoms with Crippen LogP contribution < -0.4 is 0 Å². The minimum Gasteiger partial charge on any atom is -0.273 e. The van der Waals surface area contributed by atoms with Crippen molar-refractivity contribution in [2.75, 3.05) is 13.1 Å². The van der Waals surface area contributed by atoms with Crippen LogP contribution in [0.2, 0.25) is 0 Å². The van der Waals surface area contributed by atoms with E-state index in [9.17, 15) is 9.59 Å². The minimum absolute atomic E-state index is 0.140. The van der Waals surface area contributed by atoms with Crippen LogP contribution in [0, 0.1) is 6.92 Å². The topological polar surface area (TPSA) is 71.3 Å². The van der Waals surface area contributed by atoms with Crippen molar-refractivity contribution in [1.82, 2.24) is 25.0 Å². The summed E-state index contributed by atoms with van der Waals surface area (Å²) in [6.45, 7) is 4.29. The van der Waals surface area contributed by atoms with Crippen LogP contribution in [0.5, 0.6) is 0 Å². The van der Waals surface area contributed by atoms with E-state index in [2.05, 4.69) is 10.2 Å². The fourth-order valence-electron chi connectivity index (χ4n) is 2.53. The van der Waals surface area contributed by atoms with Gasteiger partial charge in [-0.3, -0.25) is 14.6 Å². The van der Waals surface area contributed by atoms with Crippen LogP contribution in [0.4, 0.5) is 0 Å². The van der Waals surface area contributed by atoms with E-state index in [0.717, 1.165) is 12.1 Å². The molecule has 2 heterocycles. The van der Waals surface area contributed by atoms with Crippen LogP contribution in [-0.2, 0) is 4.79 Å². The predicted molar refractivity (Wildman–Crippen MR) is 79.1 cm³/mol. The molecule has 7 heteroatoms. The van der Waals surface area contributed by atoms with E-state index in [1.165, 1.54) is 21.7 Å². The Morgan fingerprint density at radius 1 is 1.05 bits per heavy atom. The molecule has 0 bridgehead atoms. The molecule has 0 saturated carbocycles. The molecule has 2 amide bonds. The van der Waals surface area contributed by atoms with E-state index in [1.54, 1.807) is 6.92 Å². The Morgan fingerprint density at radius 3 is 2.41 bits per heavy atom. The van der Waals surface area contributed by atoms with Gasteiger partial charge in [-0.2, -0.15) is 9.90 Å². The lowest BCUT2D eigenvalue weighted by atomic mass is 10.3.